The van der Waals surface area contributed by atoms with E-state index < -0.39 is 10.2 Å². The highest BCUT2D eigenvalue weighted by molar-refractivity contribution is 7.91. The quantitative estimate of drug-likeness (QED) is 0.524. The Morgan fingerprint density at radius 1 is 1.31 bits per heavy atom. The predicted octanol–water partition coefficient (Wildman–Crippen LogP) is 0.447. The average molecular weight is 416 g/mol. The van der Waals surface area contributed by atoms with Crippen molar-refractivity contribution in [2.75, 3.05) is 11.3 Å². The van der Waals surface area contributed by atoms with Crippen LogP contribution in [0.4, 0.5) is 5.69 Å². The third-order valence-corrected chi connectivity index (χ3v) is 5.28. The third kappa shape index (κ3) is 4.12. The van der Waals surface area contributed by atoms with Crippen molar-refractivity contribution in [2.45, 2.75) is 25.9 Å². The molecule has 4 rings (SSSR count). The summed E-state index contributed by atoms with van der Waals surface area (Å²) in [6.07, 6.45) is 1.80. The number of tetrazole rings is 1. The Kier molecular flexibility index (Phi) is 4.59. The lowest BCUT2D eigenvalue weighted by Gasteiger charge is -2.28. The fourth-order valence-corrected chi connectivity index (χ4v) is 3.72. The summed E-state index contributed by atoms with van der Waals surface area (Å²) in [5.41, 5.74) is 7.94. The molecule has 2 aromatic heterocycles. The van der Waals surface area contributed by atoms with Gasteiger partial charge in [0.15, 0.2) is 11.5 Å². The molecule has 0 atom stereocenters. The van der Waals surface area contributed by atoms with E-state index in [1.165, 1.54) is 0 Å². The van der Waals surface area contributed by atoms with Crippen LogP contribution in [0.25, 0.3) is 5.65 Å². The van der Waals surface area contributed by atoms with Crippen molar-refractivity contribution >= 4 is 27.4 Å². The Morgan fingerprint density at radius 3 is 2.97 bits per heavy atom. The number of fused-ring (bicyclic) bond motifs is 2. The molecule has 0 unspecified atom stereocenters. The van der Waals surface area contributed by atoms with Crippen LogP contribution in [0.2, 0.25) is 0 Å². The molecule has 0 amide bonds. The maximum absolute atomic E-state index is 11.7. The SMILES string of the molecule is CC(C)(COc1cccc2c1C(N)=NS(=O)(=O)N2)NCc1ccn2nnnc2c1. The molecule has 3 heterocycles. The second-order valence-electron chi connectivity index (χ2n) is 7.28. The van der Waals surface area contributed by atoms with Crippen LogP contribution < -0.4 is 20.5 Å². The van der Waals surface area contributed by atoms with Crippen molar-refractivity contribution in [2.24, 2.45) is 10.1 Å². The van der Waals surface area contributed by atoms with Crippen LogP contribution in [0, 0.1) is 0 Å². The zero-order valence-corrected chi connectivity index (χ0v) is 16.6. The summed E-state index contributed by atoms with van der Waals surface area (Å²) in [7, 11) is -3.83. The molecule has 1 aromatic carbocycles. The van der Waals surface area contributed by atoms with Gasteiger partial charge in [-0.3, -0.25) is 4.72 Å². The first kappa shape index (κ1) is 19.1. The lowest BCUT2D eigenvalue weighted by atomic mass is 10.1. The minimum absolute atomic E-state index is 0.102. The van der Waals surface area contributed by atoms with Crippen LogP contribution in [0.15, 0.2) is 40.9 Å². The summed E-state index contributed by atoms with van der Waals surface area (Å²) in [4.78, 5) is 0. The van der Waals surface area contributed by atoms with Crippen LogP contribution in [0.5, 0.6) is 5.75 Å². The first-order valence-corrected chi connectivity index (χ1v) is 10.2. The predicted molar refractivity (Wildman–Crippen MR) is 107 cm³/mol. The molecule has 1 aliphatic rings. The summed E-state index contributed by atoms with van der Waals surface area (Å²) < 4.78 is 36.8. The van der Waals surface area contributed by atoms with Crippen molar-refractivity contribution in [3.8, 4) is 5.75 Å². The van der Waals surface area contributed by atoms with Crippen molar-refractivity contribution in [3.63, 3.8) is 0 Å². The zero-order valence-electron chi connectivity index (χ0n) is 15.8. The van der Waals surface area contributed by atoms with Gasteiger partial charge in [0.05, 0.1) is 11.3 Å². The maximum atomic E-state index is 11.7. The average Bonchev–Trinajstić information content (AvgIpc) is 3.11. The van der Waals surface area contributed by atoms with Crippen LogP contribution in [0.1, 0.15) is 25.0 Å². The molecule has 0 aliphatic carbocycles. The van der Waals surface area contributed by atoms with Gasteiger partial charge in [-0.15, -0.1) is 9.50 Å². The van der Waals surface area contributed by atoms with Gasteiger partial charge in [-0.25, -0.2) is 4.52 Å². The molecule has 0 spiro atoms. The second kappa shape index (κ2) is 6.97. The van der Waals surface area contributed by atoms with Crippen LogP contribution >= 0.6 is 0 Å². The molecule has 0 saturated carbocycles. The zero-order chi connectivity index (χ0) is 20.6. The molecular weight excluding hydrogens is 396 g/mol. The Hall–Kier alpha value is -3.25. The molecule has 0 fully saturated rings. The van der Waals surface area contributed by atoms with Crippen molar-refractivity contribution in [1.29, 1.82) is 0 Å². The van der Waals surface area contributed by atoms with Gasteiger partial charge < -0.3 is 15.8 Å². The molecular formula is C17H20N8O3S. The molecule has 152 valence electrons. The van der Waals surface area contributed by atoms with Crippen LogP contribution in [-0.2, 0) is 16.8 Å². The number of ether oxygens (including phenoxy) is 1. The molecule has 12 heteroatoms. The van der Waals surface area contributed by atoms with Gasteiger partial charge in [-0.05, 0) is 54.1 Å². The third-order valence-electron chi connectivity index (χ3n) is 4.36. The van der Waals surface area contributed by atoms with E-state index in [2.05, 4.69) is 30.0 Å². The summed E-state index contributed by atoms with van der Waals surface area (Å²) in [5.74, 6) is 0.354. The normalized spacial score (nSPS) is 15.4. The summed E-state index contributed by atoms with van der Waals surface area (Å²) in [6.45, 7) is 4.91. The molecule has 0 saturated heterocycles. The highest BCUT2D eigenvalue weighted by Gasteiger charge is 2.26. The van der Waals surface area contributed by atoms with E-state index in [0.29, 0.717) is 35.8 Å². The van der Waals surface area contributed by atoms with Crippen LogP contribution in [-0.4, -0.2) is 46.4 Å². The topological polar surface area (TPSA) is 149 Å². The van der Waals surface area contributed by atoms with E-state index in [0.717, 1.165) is 5.56 Å². The highest BCUT2D eigenvalue weighted by Crippen LogP contribution is 2.30. The summed E-state index contributed by atoms with van der Waals surface area (Å²) in [5, 5.41) is 14.8. The fourth-order valence-electron chi connectivity index (χ4n) is 2.88. The number of amidine groups is 1. The number of hydrogen-bond donors (Lipinski definition) is 3. The van der Waals surface area contributed by atoms with E-state index in [1.807, 2.05) is 26.0 Å². The summed E-state index contributed by atoms with van der Waals surface area (Å²) >= 11 is 0. The number of nitrogens with one attached hydrogen (secondary N) is 2. The molecule has 0 radical (unpaired) electrons. The van der Waals surface area contributed by atoms with Crippen molar-refractivity contribution < 1.29 is 13.2 Å². The summed E-state index contributed by atoms with van der Waals surface area (Å²) in [6, 6.07) is 8.87. The van der Waals surface area contributed by atoms with Gasteiger partial charge in [0.25, 0.3) is 0 Å². The van der Waals surface area contributed by atoms with Crippen LogP contribution in [0.3, 0.4) is 0 Å². The van der Waals surface area contributed by atoms with Gasteiger partial charge in [0.1, 0.15) is 12.4 Å². The van der Waals surface area contributed by atoms with Gasteiger partial charge in [-0.2, -0.15) is 8.42 Å². The molecule has 11 nitrogen and oxygen atoms in total. The maximum Gasteiger partial charge on any atom is 0.344 e. The minimum atomic E-state index is -3.83. The Bertz CT molecular complexity index is 1200. The Balaban J connectivity index is 1.44. The minimum Gasteiger partial charge on any atom is -0.491 e. The number of aromatic nitrogens is 4. The van der Waals surface area contributed by atoms with Gasteiger partial charge in [0.2, 0.25) is 0 Å². The van der Waals surface area contributed by atoms with E-state index >= 15 is 0 Å². The van der Waals surface area contributed by atoms with E-state index in [1.54, 1.807) is 28.9 Å². The monoisotopic (exact) mass is 416 g/mol. The molecule has 1 aliphatic heterocycles. The highest BCUT2D eigenvalue weighted by atomic mass is 32.2. The van der Waals surface area contributed by atoms with Gasteiger partial charge >= 0.3 is 10.2 Å². The lowest BCUT2D eigenvalue weighted by Crippen LogP contribution is -2.44. The second-order valence-corrected chi connectivity index (χ2v) is 8.61. The number of hydrogen-bond acceptors (Lipinski definition) is 8. The first-order chi connectivity index (χ1) is 13.7. The number of anilines is 1. The standard InChI is InChI=1S/C17H20N8O3S/c1-17(2,19-9-11-6-7-25-14(8-11)20-23-24-25)10-28-13-5-3-4-12-15(13)16(18)22-29(26,27)21-12/h3-8,19,21H,9-10H2,1-2H3,(H2,18,22). The van der Waals surface area contributed by atoms with Gasteiger partial charge in [-0.1, -0.05) is 6.07 Å². The Morgan fingerprint density at radius 2 is 2.14 bits per heavy atom. The Labute approximate surface area is 167 Å². The molecule has 0 bridgehead atoms. The number of pyridine rings is 1. The fraction of sp³-hybridized carbons (Fsp3) is 0.294. The smallest absolute Gasteiger partial charge is 0.344 e. The van der Waals surface area contributed by atoms with E-state index in [-0.39, 0.29) is 11.4 Å². The lowest BCUT2D eigenvalue weighted by molar-refractivity contribution is 0.207. The number of nitrogens with zero attached hydrogens (tertiary/aromatic N) is 5. The number of benzene rings is 1. The van der Waals surface area contributed by atoms with E-state index in [9.17, 15) is 8.42 Å². The molecule has 4 N–H and O–H groups in total. The van der Waals surface area contributed by atoms with Crippen molar-refractivity contribution in [1.82, 2.24) is 25.4 Å². The van der Waals surface area contributed by atoms with Crippen molar-refractivity contribution in [3.05, 3.63) is 47.7 Å². The molecule has 3 aromatic rings. The number of rotatable bonds is 6. The van der Waals surface area contributed by atoms with E-state index in [4.69, 9.17) is 10.5 Å². The first-order valence-electron chi connectivity index (χ1n) is 8.78. The molecule has 29 heavy (non-hydrogen) atoms. The largest absolute Gasteiger partial charge is 0.491 e. The number of nitrogens with two attached hydrogens (primary N) is 1. The van der Waals surface area contributed by atoms with Gasteiger partial charge in [0, 0.05) is 18.3 Å².